The van der Waals surface area contributed by atoms with E-state index in [9.17, 15) is 4.79 Å². The SMILES string of the molecule is O=C[C]1=[Al][CH]=C1. The van der Waals surface area contributed by atoms with Gasteiger partial charge in [-0.3, -0.25) is 0 Å². The van der Waals surface area contributed by atoms with Crippen LogP contribution in [0.5, 0.6) is 0 Å². The standard InChI is InChI=1S/C4H3O.Al/c1-2-3-4-5;/h1-2,4H;. The van der Waals surface area contributed by atoms with Crippen molar-refractivity contribution in [2.24, 2.45) is 0 Å². The van der Waals surface area contributed by atoms with E-state index in [1.54, 1.807) is 0 Å². The molecule has 1 aliphatic rings. The molecule has 0 radical (unpaired) electrons. The van der Waals surface area contributed by atoms with Crippen molar-refractivity contribution in [1.29, 1.82) is 0 Å². The predicted molar refractivity (Wildman–Crippen MR) is 26.0 cm³/mol. The molecule has 0 spiro atoms. The van der Waals surface area contributed by atoms with Crippen LogP contribution in [-0.4, -0.2) is 25.4 Å². The second kappa shape index (κ2) is 1.51. The van der Waals surface area contributed by atoms with Crippen molar-refractivity contribution in [1.82, 2.24) is 0 Å². The molecule has 0 aromatic heterocycles. The molecule has 0 aromatic rings. The molecule has 0 amide bonds. The number of hydrogen-bond acceptors (Lipinski definition) is 1. The van der Waals surface area contributed by atoms with E-state index < -0.39 is 0 Å². The minimum absolute atomic E-state index is 0.284. The van der Waals surface area contributed by atoms with Crippen LogP contribution in [0.4, 0.5) is 0 Å². The van der Waals surface area contributed by atoms with Gasteiger partial charge >= 0.3 is 41.3 Å². The molecular formula is C4H3AlO. The maximum atomic E-state index is 9.72. The van der Waals surface area contributed by atoms with Gasteiger partial charge in [0.15, 0.2) is 0 Å². The fourth-order valence-corrected chi connectivity index (χ4v) is 0.779. The second-order valence-corrected chi connectivity index (χ2v) is 2.53. The summed E-state index contributed by atoms with van der Waals surface area (Å²) in [6.07, 6.45) is 2.79. The zero-order chi connectivity index (χ0) is 4.41. The van der Waals surface area contributed by atoms with Crippen LogP contribution in [-0.2, 0) is 4.79 Å². The van der Waals surface area contributed by atoms with Gasteiger partial charge in [0, 0.05) is 0 Å². The van der Waals surface area contributed by atoms with Gasteiger partial charge in [-0.15, -0.1) is 0 Å². The number of carbonyl (C=O) groups excluding carboxylic acids is 1. The molecule has 0 aromatic carbocycles. The van der Waals surface area contributed by atoms with Crippen molar-refractivity contribution < 1.29 is 4.79 Å². The Kier molecular flexibility index (Phi) is 1.00. The van der Waals surface area contributed by atoms with E-state index in [4.69, 9.17) is 0 Å². The molecule has 0 saturated heterocycles. The Labute approximate surface area is 41.9 Å². The monoisotopic (exact) mass is 94.0 g/mol. The van der Waals surface area contributed by atoms with Crippen LogP contribution in [0.3, 0.4) is 0 Å². The van der Waals surface area contributed by atoms with Gasteiger partial charge < -0.3 is 0 Å². The molecule has 0 fully saturated rings. The van der Waals surface area contributed by atoms with Gasteiger partial charge in [-0.2, -0.15) is 0 Å². The number of aldehydes is 1. The average molecular weight is 94.0 g/mol. The van der Waals surface area contributed by atoms with Gasteiger partial charge in [0.05, 0.1) is 0 Å². The summed E-state index contributed by atoms with van der Waals surface area (Å²) in [5.41, 5.74) is 0. The summed E-state index contributed by atoms with van der Waals surface area (Å²) in [6, 6.07) is 0. The van der Waals surface area contributed by atoms with Crippen LogP contribution < -0.4 is 0 Å². The Hall–Kier alpha value is -0.188. The fraction of sp³-hybridized carbons (Fsp3) is 0. The number of carbonyl (C=O) groups is 1. The van der Waals surface area contributed by atoms with Gasteiger partial charge in [0.25, 0.3) is 0 Å². The summed E-state index contributed by atoms with van der Waals surface area (Å²) in [5, 5.41) is 0. The van der Waals surface area contributed by atoms with Crippen molar-refractivity contribution in [3.05, 3.63) is 11.0 Å². The third kappa shape index (κ3) is 0.494. The maximum absolute atomic E-state index is 9.72. The summed E-state index contributed by atoms with van der Waals surface area (Å²) >= 11 is 0.284. The summed E-state index contributed by atoms with van der Waals surface area (Å²) < 4.78 is 0.995. The molecule has 1 nitrogen and oxygen atoms in total. The molecular weight excluding hydrogens is 91.0 g/mol. The molecule has 0 saturated carbocycles. The Morgan fingerprint density at radius 2 is 2.50 bits per heavy atom. The van der Waals surface area contributed by atoms with Crippen molar-refractivity contribution in [2.75, 3.05) is 0 Å². The zero-order valence-electron chi connectivity index (χ0n) is 3.22. The molecule has 1 heterocycles. The Morgan fingerprint density at radius 1 is 1.83 bits per heavy atom. The van der Waals surface area contributed by atoms with Gasteiger partial charge in [0.2, 0.25) is 0 Å². The molecule has 2 heteroatoms. The van der Waals surface area contributed by atoms with Crippen molar-refractivity contribution >= 4 is 25.4 Å². The number of hydrogen-bond donors (Lipinski definition) is 0. The van der Waals surface area contributed by atoms with E-state index in [0.717, 1.165) is 10.7 Å². The Morgan fingerprint density at radius 3 is 2.50 bits per heavy atom. The number of rotatable bonds is 1. The molecule has 0 N–H and O–H groups in total. The van der Waals surface area contributed by atoms with E-state index in [1.807, 2.05) is 11.0 Å². The average Bonchev–Trinajstić information content (AvgIpc) is 1.31. The molecule has 1 aliphatic heterocycles. The normalized spacial score (nSPS) is 14.3. The molecule has 0 atom stereocenters. The van der Waals surface area contributed by atoms with E-state index in [2.05, 4.69) is 0 Å². The second-order valence-electron chi connectivity index (χ2n) is 1.14. The third-order valence-electron chi connectivity index (χ3n) is 0.713. The summed E-state index contributed by atoms with van der Waals surface area (Å²) in [5.74, 6) is 0. The fourth-order valence-electron chi connectivity index (χ4n) is 0.286. The van der Waals surface area contributed by atoms with Gasteiger partial charge in [0.1, 0.15) is 0 Å². The first-order valence-corrected chi connectivity index (χ1v) is 3.01. The van der Waals surface area contributed by atoms with Gasteiger partial charge in [-0.1, -0.05) is 0 Å². The molecule has 0 aliphatic carbocycles. The molecule has 1 rings (SSSR count). The van der Waals surface area contributed by atoms with Crippen molar-refractivity contribution in [2.45, 2.75) is 0 Å². The Bertz CT molecular complexity index is 120. The van der Waals surface area contributed by atoms with Crippen LogP contribution in [0.1, 0.15) is 0 Å². The molecule has 28 valence electrons. The molecule has 0 bridgehead atoms. The quantitative estimate of drug-likeness (QED) is 0.319. The van der Waals surface area contributed by atoms with E-state index >= 15 is 0 Å². The topological polar surface area (TPSA) is 17.1 Å². The van der Waals surface area contributed by atoms with Crippen LogP contribution in [0.2, 0.25) is 0 Å². The van der Waals surface area contributed by atoms with Crippen molar-refractivity contribution in [3.8, 4) is 0 Å². The van der Waals surface area contributed by atoms with Gasteiger partial charge in [-0.05, 0) is 0 Å². The first kappa shape index (κ1) is 3.98. The Balaban J connectivity index is 2.57. The van der Waals surface area contributed by atoms with Gasteiger partial charge in [-0.25, -0.2) is 0 Å². The summed E-state index contributed by atoms with van der Waals surface area (Å²) in [4.78, 5) is 11.8. The van der Waals surface area contributed by atoms with Crippen molar-refractivity contribution in [3.63, 3.8) is 0 Å². The van der Waals surface area contributed by atoms with E-state index in [0.29, 0.717) is 0 Å². The van der Waals surface area contributed by atoms with Crippen LogP contribution in [0, 0.1) is 0 Å². The summed E-state index contributed by atoms with van der Waals surface area (Å²) in [7, 11) is 0. The minimum atomic E-state index is 0.284. The summed E-state index contributed by atoms with van der Waals surface area (Å²) in [6.45, 7) is 0. The van der Waals surface area contributed by atoms with E-state index in [-0.39, 0.29) is 14.8 Å². The number of allylic oxidation sites excluding steroid dienone is 1. The predicted octanol–water partition coefficient (Wildman–Crippen LogP) is -0.411. The van der Waals surface area contributed by atoms with Crippen LogP contribution in [0.25, 0.3) is 0 Å². The van der Waals surface area contributed by atoms with E-state index in [1.165, 1.54) is 0 Å². The van der Waals surface area contributed by atoms with Crippen LogP contribution in [0.15, 0.2) is 11.0 Å². The zero-order valence-corrected chi connectivity index (χ0v) is 4.37. The third-order valence-corrected chi connectivity index (χ3v) is 1.81. The van der Waals surface area contributed by atoms with Crippen LogP contribution >= 0.6 is 0 Å². The first-order valence-electron chi connectivity index (χ1n) is 1.77. The molecule has 0 unspecified atom stereocenters. The molecule has 6 heavy (non-hydrogen) atoms. The first-order chi connectivity index (χ1) is 2.93.